The van der Waals surface area contributed by atoms with Crippen molar-refractivity contribution in [1.82, 2.24) is 0 Å². The molecule has 1 aromatic carbocycles. The van der Waals surface area contributed by atoms with Gasteiger partial charge in [0.2, 0.25) is 0 Å². The Hall–Kier alpha value is -1.76. The molecule has 1 N–H and O–H groups in total. The summed E-state index contributed by atoms with van der Waals surface area (Å²) in [5.41, 5.74) is -0.488. The van der Waals surface area contributed by atoms with Crippen molar-refractivity contribution in [2.45, 2.75) is 20.0 Å². The molecule has 112 valence electrons. The molecule has 0 unspecified atom stereocenters. The minimum absolute atomic E-state index is 0.0637. The standard InChI is InChI=1S/C14H11BrF3NO2/c1-7-5-10(8(2)21-7)13(20)19-9-3-4-12(15)11(6-9)14(16,17)18/h3-6H,1-2H3,(H,19,20). The van der Waals surface area contributed by atoms with Crippen molar-refractivity contribution >= 4 is 27.5 Å². The zero-order valence-electron chi connectivity index (χ0n) is 11.1. The van der Waals surface area contributed by atoms with E-state index >= 15 is 0 Å². The van der Waals surface area contributed by atoms with Crippen LogP contribution in [0.2, 0.25) is 0 Å². The number of benzene rings is 1. The summed E-state index contributed by atoms with van der Waals surface area (Å²) >= 11 is 2.84. The molecule has 2 aromatic rings. The van der Waals surface area contributed by atoms with Crippen molar-refractivity contribution < 1.29 is 22.4 Å². The van der Waals surface area contributed by atoms with Gasteiger partial charge in [-0.25, -0.2) is 0 Å². The first-order valence-electron chi connectivity index (χ1n) is 5.93. The maximum atomic E-state index is 12.8. The maximum Gasteiger partial charge on any atom is 0.417 e. The third-order valence-corrected chi connectivity index (χ3v) is 3.51. The van der Waals surface area contributed by atoms with Gasteiger partial charge in [-0.2, -0.15) is 13.2 Å². The summed E-state index contributed by atoms with van der Waals surface area (Å²) in [6, 6.07) is 5.05. The summed E-state index contributed by atoms with van der Waals surface area (Å²) in [5.74, 6) is 0.461. The second kappa shape index (κ2) is 5.55. The second-order valence-corrected chi connectivity index (χ2v) is 5.33. The molecular formula is C14H11BrF3NO2. The molecule has 21 heavy (non-hydrogen) atoms. The van der Waals surface area contributed by atoms with E-state index in [2.05, 4.69) is 21.2 Å². The molecule has 0 atom stereocenters. The van der Waals surface area contributed by atoms with E-state index in [1.807, 2.05) is 0 Å². The van der Waals surface area contributed by atoms with Gasteiger partial charge in [-0.15, -0.1) is 0 Å². The van der Waals surface area contributed by atoms with Crippen molar-refractivity contribution in [1.29, 1.82) is 0 Å². The van der Waals surface area contributed by atoms with Crippen LogP contribution in [0.3, 0.4) is 0 Å². The fraction of sp³-hybridized carbons (Fsp3) is 0.214. The van der Waals surface area contributed by atoms with E-state index in [1.165, 1.54) is 18.2 Å². The molecule has 0 aliphatic carbocycles. The van der Waals surface area contributed by atoms with Gasteiger partial charge < -0.3 is 9.73 Å². The zero-order valence-corrected chi connectivity index (χ0v) is 12.7. The number of rotatable bonds is 2. The third kappa shape index (κ3) is 3.47. The average Bonchev–Trinajstić information content (AvgIpc) is 2.69. The van der Waals surface area contributed by atoms with E-state index in [0.717, 1.165) is 6.07 Å². The Labute approximate surface area is 127 Å². The minimum atomic E-state index is -4.50. The van der Waals surface area contributed by atoms with Gasteiger partial charge in [-0.3, -0.25) is 4.79 Å². The van der Waals surface area contributed by atoms with Crippen LogP contribution in [0.4, 0.5) is 18.9 Å². The summed E-state index contributed by atoms with van der Waals surface area (Å²) in [6.45, 7) is 3.30. The van der Waals surface area contributed by atoms with Crippen molar-refractivity contribution in [3.63, 3.8) is 0 Å². The van der Waals surface area contributed by atoms with E-state index in [1.54, 1.807) is 13.8 Å². The number of nitrogens with one attached hydrogen (secondary N) is 1. The normalized spacial score (nSPS) is 11.5. The Morgan fingerprint density at radius 2 is 1.90 bits per heavy atom. The lowest BCUT2D eigenvalue weighted by atomic mass is 10.1. The lowest BCUT2D eigenvalue weighted by Gasteiger charge is -2.11. The van der Waals surface area contributed by atoms with Crippen LogP contribution in [0.15, 0.2) is 33.2 Å². The number of carbonyl (C=O) groups excluding carboxylic acids is 1. The van der Waals surface area contributed by atoms with Gasteiger partial charge in [0.1, 0.15) is 11.5 Å². The third-order valence-electron chi connectivity index (χ3n) is 2.82. The molecule has 0 aliphatic rings. The summed E-state index contributed by atoms with van der Waals surface area (Å²) in [5, 5.41) is 2.43. The first kappa shape index (κ1) is 15.6. The van der Waals surface area contributed by atoms with E-state index < -0.39 is 17.6 Å². The van der Waals surface area contributed by atoms with Gasteiger partial charge in [-0.1, -0.05) is 15.9 Å². The number of anilines is 1. The molecule has 2 rings (SSSR count). The Morgan fingerprint density at radius 1 is 1.24 bits per heavy atom. The first-order valence-corrected chi connectivity index (χ1v) is 6.73. The van der Waals surface area contributed by atoms with Gasteiger partial charge in [0.15, 0.2) is 0 Å². The van der Waals surface area contributed by atoms with Crippen LogP contribution in [0.5, 0.6) is 0 Å². The zero-order chi connectivity index (χ0) is 15.8. The van der Waals surface area contributed by atoms with Gasteiger partial charge >= 0.3 is 6.18 Å². The van der Waals surface area contributed by atoms with Crippen molar-refractivity contribution in [3.8, 4) is 0 Å². The molecule has 0 spiro atoms. The molecule has 0 radical (unpaired) electrons. The number of amides is 1. The first-order chi connectivity index (χ1) is 9.68. The van der Waals surface area contributed by atoms with Crippen molar-refractivity contribution in [2.24, 2.45) is 0 Å². The van der Waals surface area contributed by atoms with Crippen molar-refractivity contribution in [2.75, 3.05) is 5.32 Å². The van der Waals surface area contributed by atoms with Crippen molar-refractivity contribution in [3.05, 3.63) is 51.4 Å². The Morgan fingerprint density at radius 3 is 2.43 bits per heavy atom. The predicted molar refractivity (Wildman–Crippen MR) is 75.3 cm³/mol. The lowest BCUT2D eigenvalue weighted by molar-refractivity contribution is -0.138. The predicted octanol–water partition coefficient (Wildman–Crippen LogP) is 4.93. The monoisotopic (exact) mass is 361 g/mol. The maximum absolute atomic E-state index is 12.8. The molecule has 1 amide bonds. The molecule has 0 saturated carbocycles. The van der Waals surface area contributed by atoms with Gasteiger partial charge in [-0.05, 0) is 38.1 Å². The summed E-state index contributed by atoms with van der Waals surface area (Å²) in [4.78, 5) is 12.0. The number of hydrogen-bond donors (Lipinski definition) is 1. The highest BCUT2D eigenvalue weighted by molar-refractivity contribution is 9.10. The number of alkyl halides is 3. The number of hydrogen-bond acceptors (Lipinski definition) is 2. The highest BCUT2D eigenvalue weighted by Crippen LogP contribution is 2.36. The number of aryl methyl sites for hydroxylation is 2. The van der Waals surface area contributed by atoms with Gasteiger partial charge in [0.05, 0.1) is 11.1 Å². The summed E-state index contributed by atoms with van der Waals surface area (Å²) < 4.78 is 43.5. The van der Waals surface area contributed by atoms with E-state index in [4.69, 9.17) is 4.42 Å². The largest absolute Gasteiger partial charge is 0.466 e. The lowest BCUT2D eigenvalue weighted by Crippen LogP contribution is -2.13. The van der Waals surface area contributed by atoms with E-state index in [0.29, 0.717) is 17.1 Å². The molecule has 0 aliphatic heterocycles. The highest BCUT2D eigenvalue weighted by Gasteiger charge is 2.33. The number of halogens is 4. The molecule has 7 heteroatoms. The molecule has 0 saturated heterocycles. The highest BCUT2D eigenvalue weighted by atomic mass is 79.9. The minimum Gasteiger partial charge on any atom is -0.466 e. The molecule has 0 fully saturated rings. The Bertz CT molecular complexity index is 692. The topological polar surface area (TPSA) is 42.2 Å². The summed E-state index contributed by atoms with van der Waals surface area (Å²) in [6.07, 6.45) is -4.50. The molecule has 0 bridgehead atoms. The van der Waals surface area contributed by atoms with E-state index in [-0.39, 0.29) is 10.2 Å². The van der Waals surface area contributed by atoms with Crippen LogP contribution in [0.1, 0.15) is 27.4 Å². The molecule has 1 aromatic heterocycles. The molecular weight excluding hydrogens is 351 g/mol. The Balaban J connectivity index is 2.28. The van der Waals surface area contributed by atoms with Gasteiger partial charge in [0, 0.05) is 10.2 Å². The SMILES string of the molecule is Cc1cc(C(=O)Nc2ccc(Br)c(C(F)(F)F)c2)c(C)o1. The molecule has 1 heterocycles. The second-order valence-electron chi connectivity index (χ2n) is 4.47. The van der Waals surface area contributed by atoms with E-state index in [9.17, 15) is 18.0 Å². The summed E-state index contributed by atoms with van der Waals surface area (Å²) in [7, 11) is 0. The average molecular weight is 362 g/mol. The van der Waals surface area contributed by atoms with Crippen LogP contribution in [-0.2, 0) is 6.18 Å². The van der Waals surface area contributed by atoms with Crippen LogP contribution in [-0.4, -0.2) is 5.91 Å². The van der Waals surface area contributed by atoms with Crippen LogP contribution >= 0.6 is 15.9 Å². The molecule has 3 nitrogen and oxygen atoms in total. The van der Waals surface area contributed by atoms with Crippen LogP contribution in [0.25, 0.3) is 0 Å². The van der Waals surface area contributed by atoms with Gasteiger partial charge in [0.25, 0.3) is 5.91 Å². The van der Waals surface area contributed by atoms with Crippen LogP contribution in [0, 0.1) is 13.8 Å². The fourth-order valence-electron chi connectivity index (χ4n) is 1.87. The Kier molecular flexibility index (Phi) is 4.13. The number of carbonyl (C=O) groups is 1. The fourth-order valence-corrected chi connectivity index (χ4v) is 2.35. The van der Waals surface area contributed by atoms with Crippen LogP contribution < -0.4 is 5.32 Å². The number of furan rings is 1. The quantitative estimate of drug-likeness (QED) is 0.823. The smallest absolute Gasteiger partial charge is 0.417 e.